The van der Waals surface area contributed by atoms with Gasteiger partial charge in [-0.25, -0.2) is 0 Å². The van der Waals surface area contributed by atoms with Crippen molar-refractivity contribution in [2.75, 3.05) is 5.73 Å². The Balaban J connectivity index is 1.72. The van der Waals surface area contributed by atoms with Crippen LogP contribution in [-0.4, -0.2) is 10.9 Å². The van der Waals surface area contributed by atoms with Gasteiger partial charge in [-0.05, 0) is 52.0 Å². The lowest BCUT2D eigenvalue weighted by Crippen LogP contribution is -2.25. The Morgan fingerprint density at radius 1 is 1.00 bits per heavy atom. The average molecular weight is 331 g/mol. The Hall–Kier alpha value is -1.32. The molecule has 1 aliphatic rings. The first-order valence-electron chi connectivity index (χ1n) is 7.04. The number of nitrogens with two attached hydrogens (primary N) is 1. The molecule has 0 bridgehead atoms. The third kappa shape index (κ3) is 3.41. The number of nitrogen functional groups attached to an aromatic ring is 1. The van der Waals surface area contributed by atoms with E-state index in [1.807, 2.05) is 6.07 Å². The minimum atomic E-state index is 0.736. The summed E-state index contributed by atoms with van der Waals surface area (Å²) in [5.41, 5.74) is 9.46. The fourth-order valence-electron chi connectivity index (χ4n) is 2.50. The van der Waals surface area contributed by atoms with Gasteiger partial charge in [-0.2, -0.15) is 0 Å². The van der Waals surface area contributed by atoms with Gasteiger partial charge < -0.3 is 5.73 Å². The summed E-state index contributed by atoms with van der Waals surface area (Å²) in [5, 5.41) is 0. The predicted molar refractivity (Wildman–Crippen MR) is 87.3 cm³/mol. The summed E-state index contributed by atoms with van der Waals surface area (Å²) in [4.78, 5) is 2.55. The molecule has 1 fully saturated rings. The second kappa shape index (κ2) is 5.98. The maximum absolute atomic E-state index is 5.98. The zero-order chi connectivity index (χ0) is 13.9. The van der Waals surface area contributed by atoms with E-state index in [1.165, 1.54) is 24.0 Å². The van der Waals surface area contributed by atoms with Crippen molar-refractivity contribution in [2.24, 2.45) is 0 Å². The fraction of sp³-hybridized carbons (Fsp3) is 0.294. The highest BCUT2D eigenvalue weighted by Crippen LogP contribution is 2.30. The molecule has 2 aromatic rings. The molecule has 2 nitrogen and oxygen atoms in total. The second-order valence-corrected chi connectivity index (χ2v) is 6.33. The summed E-state index contributed by atoms with van der Waals surface area (Å²) >= 11 is 3.45. The highest BCUT2D eigenvalue weighted by Gasteiger charge is 2.28. The highest BCUT2D eigenvalue weighted by molar-refractivity contribution is 9.10. The van der Waals surface area contributed by atoms with Crippen molar-refractivity contribution in [3.63, 3.8) is 0 Å². The zero-order valence-electron chi connectivity index (χ0n) is 11.4. The number of anilines is 1. The van der Waals surface area contributed by atoms with Crippen LogP contribution >= 0.6 is 15.9 Å². The Morgan fingerprint density at radius 2 is 1.70 bits per heavy atom. The lowest BCUT2D eigenvalue weighted by atomic mass is 10.1. The molecule has 0 amide bonds. The van der Waals surface area contributed by atoms with Gasteiger partial charge in [0.25, 0.3) is 0 Å². The van der Waals surface area contributed by atoms with E-state index in [-0.39, 0.29) is 0 Å². The molecule has 1 saturated carbocycles. The van der Waals surface area contributed by atoms with Crippen molar-refractivity contribution in [1.29, 1.82) is 0 Å². The zero-order valence-corrected chi connectivity index (χ0v) is 13.0. The van der Waals surface area contributed by atoms with Gasteiger partial charge in [-0.3, -0.25) is 4.90 Å². The molecule has 20 heavy (non-hydrogen) atoms. The van der Waals surface area contributed by atoms with Crippen LogP contribution in [0.2, 0.25) is 0 Å². The maximum atomic E-state index is 5.98. The van der Waals surface area contributed by atoms with Crippen molar-refractivity contribution in [1.82, 2.24) is 4.90 Å². The van der Waals surface area contributed by atoms with Gasteiger partial charge in [-0.15, -0.1) is 0 Å². The molecule has 0 aliphatic heterocycles. The summed E-state index contributed by atoms with van der Waals surface area (Å²) in [6, 6.07) is 17.7. The Morgan fingerprint density at radius 3 is 2.35 bits per heavy atom. The maximum Gasteiger partial charge on any atom is 0.0461 e. The van der Waals surface area contributed by atoms with E-state index in [9.17, 15) is 0 Å². The molecular formula is C17H19BrN2. The van der Waals surface area contributed by atoms with Crippen LogP contribution in [0.1, 0.15) is 24.0 Å². The molecule has 2 N–H and O–H groups in total. The van der Waals surface area contributed by atoms with Gasteiger partial charge in [0.15, 0.2) is 0 Å². The summed E-state index contributed by atoms with van der Waals surface area (Å²) in [6.07, 6.45) is 2.64. The quantitative estimate of drug-likeness (QED) is 0.832. The largest absolute Gasteiger partial charge is 0.398 e. The topological polar surface area (TPSA) is 29.3 Å². The van der Waals surface area contributed by atoms with Gasteiger partial charge in [0.2, 0.25) is 0 Å². The van der Waals surface area contributed by atoms with E-state index in [0.717, 1.165) is 29.3 Å². The smallest absolute Gasteiger partial charge is 0.0461 e. The molecule has 0 aromatic heterocycles. The minimum Gasteiger partial charge on any atom is -0.398 e. The molecule has 3 heteroatoms. The number of rotatable bonds is 5. The normalized spacial score (nSPS) is 14.7. The van der Waals surface area contributed by atoms with E-state index in [0.29, 0.717) is 0 Å². The molecule has 0 heterocycles. The van der Waals surface area contributed by atoms with Crippen LogP contribution in [0.15, 0.2) is 53.0 Å². The van der Waals surface area contributed by atoms with Crippen LogP contribution in [0.3, 0.4) is 0 Å². The van der Waals surface area contributed by atoms with Crippen LogP contribution in [0.5, 0.6) is 0 Å². The highest BCUT2D eigenvalue weighted by atomic mass is 79.9. The summed E-state index contributed by atoms with van der Waals surface area (Å²) < 4.78 is 0.974. The van der Waals surface area contributed by atoms with E-state index in [4.69, 9.17) is 5.73 Å². The van der Waals surface area contributed by atoms with Crippen molar-refractivity contribution in [3.8, 4) is 0 Å². The molecule has 0 saturated heterocycles. The first kappa shape index (κ1) is 13.7. The van der Waals surface area contributed by atoms with Crippen molar-refractivity contribution in [3.05, 3.63) is 64.1 Å². The number of nitrogens with zero attached hydrogens (tertiary/aromatic N) is 1. The third-order valence-corrected chi connectivity index (χ3v) is 4.46. The monoisotopic (exact) mass is 330 g/mol. The predicted octanol–water partition coefficient (Wildman–Crippen LogP) is 4.20. The number of benzene rings is 2. The van der Waals surface area contributed by atoms with E-state index >= 15 is 0 Å². The van der Waals surface area contributed by atoms with Crippen LogP contribution in [0.4, 0.5) is 5.69 Å². The first-order chi connectivity index (χ1) is 9.72. The molecule has 104 valence electrons. The summed E-state index contributed by atoms with van der Waals surface area (Å²) in [5.74, 6) is 0. The number of halogens is 1. The molecule has 0 radical (unpaired) electrons. The van der Waals surface area contributed by atoms with Crippen LogP contribution in [-0.2, 0) is 13.1 Å². The molecule has 3 rings (SSSR count). The lowest BCUT2D eigenvalue weighted by molar-refractivity contribution is 0.246. The van der Waals surface area contributed by atoms with Crippen LogP contribution in [0, 0.1) is 0 Å². The second-order valence-electron chi connectivity index (χ2n) is 5.48. The Bertz CT molecular complexity index is 579. The first-order valence-corrected chi connectivity index (χ1v) is 7.83. The Labute approximate surface area is 128 Å². The Kier molecular flexibility index (Phi) is 4.08. The number of hydrogen-bond acceptors (Lipinski definition) is 2. The van der Waals surface area contributed by atoms with Crippen molar-refractivity contribution in [2.45, 2.75) is 32.0 Å². The number of hydrogen-bond donors (Lipinski definition) is 1. The van der Waals surface area contributed by atoms with Gasteiger partial charge in [0, 0.05) is 29.3 Å². The molecule has 0 unspecified atom stereocenters. The van der Waals surface area contributed by atoms with E-state index in [1.54, 1.807) is 0 Å². The van der Waals surface area contributed by atoms with Crippen molar-refractivity contribution >= 4 is 21.6 Å². The molecule has 0 spiro atoms. The average Bonchev–Trinajstić information content (AvgIpc) is 3.28. The van der Waals surface area contributed by atoms with Gasteiger partial charge >= 0.3 is 0 Å². The SMILES string of the molecule is Nc1cc(CN(Cc2ccccc2)C2CC2)ccc1Br. The van der Waals surface area contributed by atoms with E-state index < -0.39 is 0 Å². The summed E-state index contributed by atoms with van der Waals surface area (Å²) in [6.45, 7) is 1.98. The molecule has 2 aromatic carbocycles. The third-order valence-electron chi connectivity index (χ3n) is 3.74. The van der Waals surface area contributed by atoms with Crippen LogP contribution in [0.25, 0.3) is 0 Å². The van der Waals surface area contributed by atoms with Gasteiger partial charge in [0.05, 0.1) is 0 Å². The fourth-order valence-corrected chi connectivity index (χ4v) is 2.74. The van der Waals surface area contributed by atoms with Gasteiger partial charge in [0.1, 0.15) is 0 Å². The lowest BCUT2D eigenvalue weighted by Gasteiger charge is -2.22. The molecule has 0 atom stereocenters. The molecular weight excluding hydrogens is 312 g/mol. The standard InChI is InChI=1S/C17H19BrN2/c18-16-9-6-14(10-17(16)19)12-20(15-7-8-15)11-13-4-2-1-3-5-13/h1-6,9-10,15H,7-8,11-12,19H2. The van der Waals surface area contributed by atoms with E-state index in [2.05, 4.69) is 63.3 Å². The summed E-state index contributed by atoms with van der Waals surface area (Å²) in [7, 11) is 0. The van der Waals surface area contributed by atoms with Gasteiger partial charge in [-0.1, -0.05) is 36.4 Å². The van der Waals surface area contributed by atoms with Crippen LogP contribution < -0.4 is 5.73 Å². The van der Waals surface area contributed by atoms with Crippen molar-refractivity contribution < 1.29 is 0 Å². The molecule has 1 aliphatic carbocycles. The minimum absolute atomic E-state index is 0.736.